The quantitative estimate of drug-likeness (QED) is 0.619. The highest BCUT2D eigenvalue weighted by Crippen LogP contribution is 2.30. The molecule has 2 N–H and O–H groups in total. The Bertz CT molecular complexity index is 905. The summed E-state index contributed by atoms with van der Waals surface area (Å²) in [5, 5.41) is 11.4. The van der Waals surface area contributed by atoms with E-state index in [-0.39, 0.29) is 17.2 Å². The second kappa shape index (κ2) is 7.95. The first-order chi connectivity index (χ1) is 13.4. The number of rotatable bonds is 5. The van der Waals surface area contributed by atoms with Crippen LogP contribution in [0.2, 0.25) is 0 Å². The Kier molecular flexibility index (Phi) is 5.44. The van der Waals surface area contributed by atoms with E-state index in [1.807, 2.05) is 4.90 Å². The lowest BCUT2D eigenvalue weighted by atomic mass is 10.1. The van der Waals surface area contributed by atoms with Crippen LogP contribution >= 0.6 is 0 Å². The van der Waals surface area contributed by atoms with Crippen molar-refractivity contribution in [1.82, 2.24) is 4.90 Å². The van der Waals surface area contributed by atoms with Crippen LogP contribution < -0.4 is 15.4 Å². The molecule has 0 aliphatic carbocycles. The number of primary amides is 1. The number of carbonyl (C=O) groups excluding carboxylic acids is 2. The van der Waals surface area contributed by atoms with Crippen LogP contribution in [0.1, 0.15) is 20.7 Å². The molecule has 146 valence electrons. The van der Waals surface area contributed by atoms with Gasteiger partial charge in [0.15, 0.2) is 0 Å². The maximum absolute atomic E-state index is 12.6. The van der Waals surface area contributed by atoms with Crippen LogP contribution in [0.15, 0.2) is 42.5 Å². The van der Waals surface area contributed by atoms with Gasteiger partial charge in [-0.25, -0.2) is 0 Å². The van der Waals surface area contributed by atoms with Crippen LogP contribution in [-0.4, -0.2) is 54.9 Å². The van der Waals surface area contributed by atoms with Crippen molar-refractivity contribution in [2.45, 2.75) is 0 Å². The highest BCUT2D eigenvalue weighted by atomic mass is 16.6. The maximum atomic E-state index is 12.6. The number of carbonyl (C=O) groups is 2. The van der Waals surface area contributed by atoms with Gasteiger partial charge < -0.3 is 20.3 Å². The third kappa shape index (κ3) is 3.88. The first kappa shape index (κ1) is 19.2. The summed E-state index contributed by atoms with van der Waals surface area (Å²) >= 11 is 0. The number of nitrogens with zero attached hydrogens (tertiary/aromatic N) is 3. The molecule has 1 saturated heterocycles. The second-order valence-electron chi connectivity index (χ2n) is 6.33. The van der Waals surface area contributed by atoms with Gasteiger partial charge in [0.25, 0.3) is 11.6 Å². The topological polar surface area (TPSA) is 119 Å². The molecule has 0 radical (unpaired) electrons. The number of piperazine rings is 1. The molecule has 0 aromatic heterocycles. The molecule has 9 nitrogen and oxygen atoms in total. The summed E-state index contributed by atoms with van der Waals surface area (Å²) in [5.41, 5.74) is 6.09. The molecule has 0 atom stereocenters. The predicted octanol–water partition coefficient (Wildman–Crippen LogP) is 1.66. The van der Waals surface area contributed by atoms with Gasteiger partial charge in [-0.2, -0.15) is 0 Å². The third-order valence-electron chi connectivity index (χ3n) is 4.70. The molecule has 1 fully saturated rings. The molecule has 2 aromatic rings. The lowest BCUT2D eigenvalue weighted by molar-refractivity contribution is -0.384. The summed E-state index contributed by atoms with van der Waals surface area (Å²) in [6.07, 6.45) is 0. The molecule has 9 heteroatoms. The summed E-state index contributed by atoms with van der Waals surface area (Å²) in [6.45, 7) is 1.75. The van der Waals surface area contributed by atoms with E-state index in [4.69, 9.17) is 10.5 Å². The minimum Gasteiger partial charge on any atom is -0.497 e. The van der Waals surface area contributed by atoms with E-state index in [2.05, 4.69) is 0 Å². The highest BCUT2D eigenvalue weighted by Gasteiger charge is 2.27. The van der Waals surface area contributed by atoms with Crippen LogP contribution in [0.3, 0.4) is 0 Å². The Morgan fingerprint density at radius 2 is 1.64 bits per heavy atom. The smallest absolute Gasteiger partial charge is 0.293 e. The number of ether oxygens (including phenoxy) is 1. The SMILES string of the molecule is COc1ccc(C(=O)N2CCN(c3ccc(C(N)=O)cc3[N+](=O)[O-])CC2)cc1. The average molecular weight is 384 g/mol. The minimum absolute atomic E-state index is 0.0868. The monoisotopic (exact) mass is 384 g/mol. The Morgan fingerprint density at radius 1 is 1.04 bits per heavy atom. The van der Waals surface area contributed by atoms with Gasteiger partial charge in [-0.1, -0.05) is 0 Å². The molecule has 0 unspecified atom stereocenters. The van der Waals surface area contributed by atoms with Gasteiger partial charge in [-0.3, -0.25) is 19.7 Å². The van der Waals surface area contributed by atoms with Crippen LogP contribution in [0, 0.1) is 10.1 Å². The number of anilines is 1. The van der Waals surface area contributed by atoms with Gasteiger partial charge in [-0.05, 0) is 36.4 Å². The molecular formula is C19H20N4O5. The van der Waals surface area contributed by atoms with Crippen molar-refractivity contribution < 1.29 is 19.2 Å². The van der Waals surface area contributed by atoms with Gasteiger partial charge in [0.2, 0.25) is 5.91 Å². The molecule has 0 bridgehead atoms. The summed E-state index contributed by atoms with van der Waals surface area (Å²) in [7, 11) is 1.56. The van der Waals surface area contributed by atoms with Crippen LogP contribution in [0.5, 0.6) is 5.75 Å². The summed E-state index contributed by atoms with van der Waals surface area (Å²) in [4.78, 5) is 38.3. The van der Waals surface area contributed by atoms with E-state index in [0.29, 0.717) is 43.2 Å². The van der Waals surface area contributed by atoms with E-state index in [0.717, 1.165) is 0 Å². The number of nitrogens with two attached hydrogens (primary N) is 1. The van der Waals surface area contributed by atoms with E-state index in [1.54, 1.807) is 36.3 Å². The third-order valence-corrected chi connectivity index (χ3v) is 4.70. The van der Waals surface area contributed by atoms with Crippen molar-refractivity contribution in [3.8, 4) is 5.75 Å². The maximum Gasteiger partial charge on any atom is 0.293 e. The Hall–Kier alpha value is -3.62. The fraction of sp³-hybridized carbons (Fsp3) is 0.263. The van der Waals surface area contributed by atoms with Gasteiger partial charge in [0.1, 0.15) is 11.4 Å². The Morgan fingerprint density at radius 3 is 2.18 bits per heavy atom. The Labute approximate surface area is 161 Å². The van der Waals surface area contributed by atoms with Crippen LogP contribution in [0.25, 0.3) is 0 Å². The number of amides is 2. The van der Waals surface area contributed by atoms with Crippen molar-refractivity contribution in [1.29, 1.82) is 0 Å². The van der Waals surface area contributed by atoms with E-state index < -0.39 is 10.8 Å². The number of hydrogen-bond donors (Lipinski definition) is 1. The van der Waals surface area contributed by atoms with Crippen molar-refractivity contribution in [2.24, 2.45) is 5.73 Å². The molecule has 2 amide bonds. The number of methoxy groups -OCH3 is 1. The zero-order chi connectivity index (χ0) is 20.3. The molecule has 3 rings (SSSR count). The van der Waals surface area contributed by atoms with Crippen molar-refractivity contribution in [2.75, 3.05) is 38.2 Å². The molecule has 2 aromatic carbocycles. The highest BCUT2D eigenvalue weighted by molar-refractivity contribution is 5.95. The lowest BCUT2D eigenvalue weighted by Crippen LogP contribution is -2.49. The van der Waals surface area contributed by atoms with Gasteiger partial charge >= 0.3 is 0 Å². The summed E-state index contributed by atoms with van der Waals surface area (Å²) in [6, 6.07) is 11.1. The summed E-state index contributed by atoms with van der Waals surface area (Å²) in [5.74, 6) is -0.140. The average Bonchev–Trinajstić information content (AvgIpc) is 2.73. The van der Waals surface area contributed by atoms with Crippen LogP contribution in [-0.2, 0) is 0 Å². The van der Waals surface area contributed by atoms with E-state index >= 15 is 0 Å². The predicted molar refractivity (Wildman–Crippen MR) is 103 cm³/mol. The second-order valence-corrected chi connectivity index (χ2v) is 6.33. The van der Waals surface area contributed by atoms with Gasteiger partial charge in [0, 0.05) is 43.4 Å². The minimum atomic E-state index is -0.718. The first-order valence-corrected chi connectivity index (χ1v) is 8.67. The molecule has 1 aliphatic rings. The summed E-state index contributed by atoms with van der Waals surface area (Å²) < 4.78 is 5.10. The number of benzene rings is 2. The van der Waals surface area contributed by atoms with E-state index in [1.165, 1.54) is 18.2 Å². The number of hydrogen-bond acceptors (Lipinski definition) is 6. The number of nitro benzene ring substituents is 1. The molecular weight excluding hydrogens is 364 g/mol. The molecule has 1 heterocycles. The lowest BCUT2D eigenvalue weighted by Gasteiger charge is -2.35. The molecule has 1 aliphatic heterocycles. The zero-order valence-corrected chi connectivity index (χ0v) is 15.3. The largest absolute Gasteiger partial charge is 0.497 e. The molecule has 0 saturated carbocycles. The normalized spacial score (nSPS) is 13.9. The fourth-order valence-electron chi connectivity index (χ4n) is 3.16. The Balaban J connectivity index is 1.72. The van der Waals surface area contributed by atoms with E-state index in [9.17, 15) is 19.7 Å². The fourth-order valence-corrected chi connectivity index (χ4v) is 3.16. The van der Waals surface area contributed by atoms with Gasteiger partial charge in [0.05, 0.1) is 12.0 Å². The standard InChI is InChI=1S/C19H20N4O5/c1-28-15-5-2-13(3-6-15)19(25)22-10-8-21(9-11-22)16-7-4-14(18(20)24)12-17(16)23(26)27/h2-7,12H,8-11H2,1H3,(H2,20,24). The molecule has 0 spiro atoms. The van der Waals surface area contributed by atoms with Crippen LogP contribution in [0.4, 0.5) is 11.4 Å². The van der Waals surface area contributed by atoms with Crippen molar-refractivity contribution >= 4 is 23.2 Å². The van der Waals surface area contributed by atoms with Crippen molar-refractivity contribution in [3.63, 3.8) is 0 Å². The first-order valence-electron chi connectivity index (χ1n) is 8.67. The van der Waals surface area contributed by atoms with Gasteiger partial charge in [-0.15, -0.1) is 0 Å². The molecule has 28 heavy (non-hydrogen) atoms. The van der Waals surface area contributed by atoms with Crippen molar-refractivity contribution in [3.05, 3.63) is 63.7 Å². The zero-order valence-electron chi connectivity index (χ0n) is 15.3. The number of nitro groups is 1.